The number of rotatable bonds is 4. The average Bonchev–Trinajstić information content (AvgIpc) is 3.02. The number of hydrogen-bond donors (Lipinski definition) is 1. The summed E-state index contributed by atoms with van der Waals surface area (Å²) in [6, 6.07) is 1.81. The Balaban J connectivity index is 2.26. The monoisotopic (exact) mass is 226 g/mol. The van der Waals surface area contributed by atoms with E-state index in [0.29, 0.717) is 5.88 Å². The van der Waals surface area contributed by atoms with Crippen LogP contribution in [0.4, 0.5) is 0 Å². The zero-order valence-corrected chi connectivity index (χ0v) is 9.77. The molecule has 0 atom stereocenters. The number of pyridine rings is 1. The van der Waals surface area contributed by atoms with Gasteiger partial charge in [0.15, 0.2) is 0 Å². The van der Waals surface area contributed by atoms with Crippen LogP contribution in [0.25, 0.3) is 0 Å². The molecule has 3 nitrogen and oxygen atoms in total. The number of methoxy groups -OCH3 is 1. The summed E-state index contributed by atoms with van der Waals surface area (Å²) in [4.78, 5) is 4.17. The Hall–Kier alpha value is -0.800. The fraction of sp³-hybridized carbons (Fsp3) is 0.545. The Morgan fingerprint density at radius 3 is 2.87 bits per heavy atom. The minimum atomic E-state index is 0.222. The molecule has 0 aromatic carbocycles. The lowest BCUT2D eigenvalue weighted by molar-refractivity contribution is 0.388. The first-order chi connectivity index (χ1) is 7.21. The van der Waals surface area contributed by atoms with Gasteiger partial charge in [0.25, 0.3) is 0 Å². The van der Waals surface area contributed by atoms with E-state index in [1.807, 2.05) is 13.1 Å². The van der Waals surface area contributed by atoms with Gasteiger partial charge in [-0.3, -0.25) is 0 Å². The summed E-state index contributed by atoms with van der Waals surface area (Å²) in [7, 11) is 3.62. The van der Waals surface area contributed by atoms with Crippen LogP contribution in [0.15, 0.2) is 12.3 Å². The maximum atomic E-state index is 6.15. The molecule has 0 radical (unpaired) electrons. The molecular weight excluding hydrogens is 212 g/mol. The van der Waals surface area contributed by atoms with Crippen LogP contribution in [-0.4, -0.2) is 24.7 Å². The first kappa shape index (κ1) is 10.7. The van der Waals surface area contributed by atoms with Crippen molar-refractivity contribution in [1.29, 1.82) is 0 Å². The lowest BCUT2D eigenvalue weighted by Crippen LogP contribution is -2.29. The molecule has 0 spiro atoms. The van der Waals surface area contributed by atoms with Gasteiger partial charge in [0.05, 0.1) is 12.1 Å². The number of hydrogen-bond acceptors (Lipinski definition) is 3. The summed E-state index contributed by atoms with van der Waals surface area (Å²) in [5.74, 6) is 0.643. The highest BCUT2D eigenvalue weighted by Crippen LogP contribution is 2.41. The van der Waals surface area contributed by atoms with E-state index in [2.05, 4.69) is 10.3 Å². The zero-order chi connectivity index (χ0) is 10.9. The van der Waals surface area contributed by atoms with E-state index in [-0.39, 0.29) is 5.54 Å². The summed E-state index contributed by atoms with van der Waals surface area (Å²) < 4.78 is 5.22. The second-order valence-electron chi connectivity index (χ2n) is 3.99. The van der Waals surface area contributed by atoms with Crippen molar-refractivity contribution >= 4 is 11.6 Å². The van der Waals surface area contributed by atoms with Crippen LogP contribution in [-0.2, 0) is 6.42 Å². The first-order valence-electron chi connectivity index (χ1n) is 5.07. The van der Waals surface area contributed by atoms with Gasteiger partial charge in [0.2, 0.25) is 5.88 Å². The van der Waals surface area contributed by atoms with E-state index < -0.39 is 0 Å². The third-order valence-electron chi connectivity index (χ3n) is 3.05. The SMILES string of the molecule is CNC1(Cc2c(Cl)ccnc2OC)CC1. The van der Waals surface area contributed by atoms with Crippen molar-refractivity contribution < 1.29 is 4.74 Å². The Bertz CT molecular complexity index is 364. The molecular formula is C11H15ClN2O. The van der Waals surface area contributed by atoms with E-state index >= 15 is 0 Å². The lowest BCUT2D eigenvalue weighted by Gasteiger charge is -2.16. The molecule has 1 fully saturated rings. The van der Waals surface area contributed by atoms with E-state index in [1.54, 1.807) is 13.3 Å². The molecule has 0 saturated heterocycles. The fourth-order valence-electron chi connectivity index (χ4n) is 1.79. The zero-order valence-electron chi connectivity index (χ0n) is 9.01. The second-order valence-corrected chi connectivity index (χ2v) is 4.39. The highest BCUT2D eigenvalue weighted by atomic mass is 35.5. The van der Waals surface area contributed by atoms with E-state index in [4.69, 9.17) is 16.3 Å². The molecule has 1 N–H and O–H groups in total. The minimum Gasteiger partial charge on any atom is -0.481 e. The molecule has 82 valence electrons. The highest BCUT2D eigenvalue weighted by molar-refractivity contribution is 6.31. The molecule has 0 bridgehead atoms. The van der Waals surface area contributed by atoms with Crippen LogP contribution < -0.4 is 10.1 Å². The molecule has 4 heteroatoms. The molecule has 0 unspecified atom stereocenters. The molecule has 1 aromatic rings. The maximum absolute atomic E-state index is 6.15. The quantitative estimate of drug-likeness (QED) is 0.853. The predicted octanol–water partition coefficient (Wildman–Crippen LogP) is 2.04. The standard InChI is InChI=1S/C11H15ClN2O/c1-13-11(4-5-11)7-8-9(12)3-6-14-10(8)15-2/h3,6,13H,4-5,7H2,1-2H3. The van der Waals surface area contributed by atoms with Gasteiger partial charge in [-0.1, -0.05) is 11.6 Å². The average molecular weight is 227 g/mol. The van der Waals surface area contributed by atoms with Crippen LogP contribution in [0.1, 0.15) is 18.4 Å². The lowest BCUT2D eigenvalue weighted by atomic mass is 10.1. The molecule has 0 amide bonds. The Kier molecular flexibility index (Phi) is 2.85. The molecule has 0 aliphatic heterocycles. The summed E-state index contributed by atoms with van der Waals surface area (Å²) in [6.07, 6.45) is 4.94. The highest BCUT2D eigenvalue weighted by Gasteiger charge is 2.42. The topological polar surface area (TPSA) is 34.2 Å². The van der Waals surface area contributed by atoms with Crippen LogP contribution in [0.3, 0.4) is 0 Å². The van der Waals surface area contributed by atoms with Crippen molar-refractivity contribution in [3.05, 3.63) is 22.8 Å². The summed E-state index contributed by atoms with van der Waals surface area (Å²) in [5.41, 5.74) is 1.23. The van der Waals surface area contributed by atoms with Gasteiger partial charge in [0, 0.05) is 17.3 Å². The maximum Gasteiger partial charge on any atom is 0.217 e. The number of nitrogens with zero attached hydrogens (tertiary/aromatic N) is 1. The van der Waals surface area contributed by atoms with Crippen LogP contribution in [0.5, 0.6) is 5.88 Å². The normalized spacial score (nSPS) is 17.5. The van der Waals surface area contributed by atoms with Crippen molar-refractivity contribution in [2.75, 3.05) is 14.2 Å². The van der Waals surface area contributed by atoms with E-state index in [0.717, 1.165) is 17.0 Å². The predicted molar refractivity (Wildman–Crippen MR) is 60.5 cm³/mol. The Labute approximate surface area is 94.8 Å². The van der Waals surface area contributed by atoms with Crippen molar-refractivity contribution in [3.63, 3.8) is 0 Å². The van der Waals surface area contributed by atoms with Gasteiger partial charge in [-0.2, -0.15) is 0 Å². The molecule has 1 saturated carbocycles. The van der Waals surface area contributed by atoms with Gasteiger partial charge in [-0.15, -0.1) is 0 Å². The Morgan fingerprint density at radius 2 is 2.33 bits per heavy atom. The van der Waals surface area contributed by atoms with Crippen molar-refractivity contribution in [1.82, 2.24) is 10.3 Å². The second kappa shape index (κ2) is 3.99. The molecule has 1 aliphatic rings. The molecule has 1 aliphatic carbocycles. The van der Waals surface area contributed by atoms with Gasteiger partial charge in [-0.25, -0.2) is 4.98 Å². The van der Waals surface area contributed by atoms with Crippen LogP contribution in [0, 0.1) is 0 Å². The molecule has 15 heavy (non-hydrogen) atoms. The van der Waals surface area contributed by atoms with Crippen molar-refractivity contribution in [3.8, 4) is 5.88 Å². The van der Waals surface area contributed by atoms with Crippen LogP contribution >= 0.6 is 11.6 Å². The van der Waals surface area contributed by atoms with Crippen molar-refractivity contribution in [2.24, 2.45) is 0 Å². The first-order valence-corrected chi connectivity index (χ1v) is 5.45. The van der Waals surface area contributed by atoms with Gasteiger partial charge in [-0.05, 0) is 32.4 Å². The number of halogens is 1. The van der Waals surface area contributed by atoms with Crippen LogP contribution in [0.2, 0.25) is 5.02 Å². The fourth-order valence-corrected chi connectivity index (χ4v) is 2.00. The smallest absolute Gasteiger partial charge is 0.217 e. The largest absolute Gasteiger partial charge is 0.481 e. The third-order valence-corrected chi connectivity index (χ3v) is 3.41. The number of aromatic nitrogens is 1. The van der Waals surface area contributed by atoms with E-state index in [1.165, 1.54) is 12.8 Å². The summed E-state index contributed by atoms with van der Waals surface area (Å²) in [5, 5.41) is 4.08. The number of nitrogens with one attached hydrogen (secondary N) is 1. The van der Waals surface area contributed by atoms with Gasteiger partial charge in [0.1, 0.15) is 0 Å². The molecule has 1 heterocycles. The minimum absolute atomic E-state index is 0.222. The van der Waals surface area contributed by atoms with Gasteiger partial charge >= 0.3 is 0 Å². The summed E-state index contributed by atoms with van der Waals surface area (Å²) >= 11 is 6.15. The van der Waals surface area contributed by atoms with Crippen molar-refractivity contribution in [2.45, 2.75) is 24.8 Å². The summed E-state index contributed by atoms with van der Waals surface area (Å²) in [6.45, 7) is 0. The molecule has 1 aromatic heterocycles. The molecule has 2 rings (SSSR count). The number of ether oxygens (including phenoxy) is 1. The third kappa shape index (κ3) is 2.08. The van der Waals surface area contributed by atoms with Gasteiger partial charge < -0.3 is 10.1 Å². The van der Waals surface area contributed by atoms with E-state index in [9.17, 15) is 0 Å². The Morgan fingerprint density at radius 1 is 1.60 bits per heavy atom. The number of likely N-dealkylation sites (N-methyl/N-ethyl adjacent to an activating group) is 1.